The number of aromatic nitrogens is 1. The SMILES string of the molecule is CC[C@H](Sc1ccc(Cl)cc1)C(=O)NCc1cccnc1. The number of halogens is 1. The number of carbonyl (C=O) groups is 1. The fourth-order valence-electron chi connectivity index (χ4n) is 1.81. The summed E-state index contributed by atoms with van der Waals surface area (Å²) in [6.07, 6.45) is 4.25. The molecule has 1 heterocycles. The van der Waals surface area contributed by atoms with E-state index in [0.717, 1.165) is 16.9 Å². The number of nitrogens with one attached hydrogen (secondary N) is 1. The van der Waals surface area contributed by atoms with Crippen LogP contribution in [0.2, 0.25) is 5.02 Å². The van der Waals surface area contributed by atoms with Crippen molar-refractivity contribution in [1.82, 2.24) is 10.3 Å². The summed E-state index contributed by atoms with van der Waals surface area (Å²) in [6.45, 7) is 2.52. The minimum absolute atomic E-state index is 0.0429. The minimum Gasteiger partial charge on any atom is -0.351 e. The molecule has 0 unspecified atom stereocenters. The van der Waals surface area contributed by atoms with Crippen LogP contribution in [0, 0.1) is 0 Å². The van der Waals surface area contributed by atoms with E-state index < -0.39 is 0 Å². The zero-order valence-electron chi connectivity index (χ0n) is 11.8. The maximum absolute atomic E-state index is 12.2. The summed E-state index contributed by atoms with van der Waals surface area (Å²) in [7, 11) is 0. The van der Waals surface area contributed by atoms with E-state index in [-0.39, 0.29) is 11.2 Å². The topological polar surface area (TPSA) is 42.0 Å². The van der Waals surface area contributed by atoms with Gasteiger partial charge in [-0.15, -0.1) is 11.8 Å². The summed E-state index contributed by atoms with van der Waals surface area (Å²) >= 11 is 7.42. The fourth-order valence-corrected chi connectivity index (χ4v) is 2.91. The Morgan fingerprint density at radius 1 is 1.33 bits per heavy atom. The molecule has 1 amide bonds. The standard InChI is InChI=1S/C16H17ClN2OS/c1-2-15(21-14-7-5-13(17)6-8-14)16(20)19-11-12-4-3-9-18-10-12/h3-10,15H,2,11H2,1H3,(H,19,20)/t15-/m0/s1. The second-order valence-electron chi connectivity index (χ2n) is 4.55. The largest absolute Gasteiger partial charge is 0.351 e. The number of nitrogens with zero attached hydrogens (tertiary/aromatic N) is 1. The number of benzene rings is 1. The third kappa shape index (κ3) is 5.06. The molecule has 3 nitrogen and oxygen atoms in total. The van der Waals surface area contributed by atoms with E-state index in [4.69, 9.17) is 11.6 Å². The van der Waals surface area contributed by atoms with Crippen LogP contribution >= 0.6 is 23.4 Å². The Morgan fingerprint density at radius 2 is 2.10 bits per heavy atom. The van der Waals surface area contributed by atoms with Gasteiger partial charge in [-0.05, 0) is 42.3 Å². The van der Waals surface area contributed by atoms with Gasteiger partial charge in [0, 0.05) is 28.9 Å². The lowest BCUT2D eigenvalue weighted by Crippen LogP contribution is -2.31. The van der Waals surface area contributed by atoms with Crippen LogP contribution in [-0.4, -0.2) is 16.1 Å². The Morgan fingerprint density at radius 3 is 2.71 bits per heavy atom. The Bertz CT molecular complexity index is 575. The van der Waals surface area contributed by atoms with E-state index in [1.54, 1.807) is 24.2 Å². The van der Waals surface area contributed by atoms with Crippen molar-refractivity contribution in [3.63, 3.8) is 0 Å². The van der Waals surface area contributed by atoms with Crippen LogP contribution in [0.5, 0.6) is 0 Å². The molecule has 0 radical (unpaired) electrons. The van der Waals surface area contributed by atoms with Gasteiger partial charge < -0.3 is 5.32 Å². The average molecular weight is 321 g/mol. The number of amides is 1. The molecule has 2 aromatic rings. The third-order valence-corrected chi connectivity index (χ3v) is 4.57. The monoisotopic (exact) mass is 320 g/mol. The molecule has 0 aliphatic rings. The van der Waals surface area contributed by atoms with Crippen LogP contribution in [0.3, 0.4) is 0 Å². The first-order chi connectivity index (χ1) is 10.2. The second kappa shape index (κ2) is 8.05. The summed E-state index contributed by atoms with van der Waals surface area (Å²) in [6, 6.07) is 11.4. The van der Waals surface area contributed by atoms with Crippen LogP contribution in [0.1, 0.15) is 18.9 Å². The number of thioether (sulfide) groups is 1. The lowest BCUT2D eigenvalue weighted by atomic mass is 10.2. The van der Waals surface area contributed by atoms with E-state index in [2.05, 4.69) is 10.3 Å². The van der Waals surface area contributed by atoms with Gasteiger partial charge >= 0.3 is 0 Å². The van der Waals surface area contributed by atoms with Gasteiger partial charge in [0.1, 0.15) is 0 Å². The van der Waals surface area contributed by atoms with Crippen molar-refractivity contribution in [2.24, 2.45) is 0 Å². The Kier molecular flexibility index (Phi) is 6.08. The molecule has 0 saturated heterocycles. The highest BCUT2D eigenvalue weighted by Crippen LogP contribution is 2.26. The van der Waals surface area contributed by atoms with Crippen LogP contribution < -0.4 is 5.32 Å². The number of pyridine rings is 1. The molecule has 1 N–H and O–H groups in total. The molecule has 0 fully saturated rings. The zero-order chi connectivity index (χ0) is 15.1. The van der Waals surface area contributed by atoms with Crippen molar-refractivity contribution in [1.29, 1.82) is 0 Å². The summed E-state index contributed by atoms with van der Waals surface area (Å²) in [5, 5.41) is 3.55. The first-order valence-electron chi connectivity index (χ1n) is 6.78. The van der Waals surface area contributed by atoms with Crippen LogP contribution in [0.25, 0.3) is 0 Å². The normalized spacial score (nSPS) is 11.9. The zero-order valence-corrected chi connectivity index (χ0v) is 13.3. The summed E-state index contributed by atoms with van der Waals surface area (Å²) in [5.74, 6) is 0.0429. The van der Waals surface area contributed by atoms with Crippen LogP contribution in [0.15, 0.2) is 53.7 Å². The minimum atomic E-state index is -0.108. The lowest BCUT2D eigenvalue weighted by Gasteiger charge is -2.14. The highest BCUT2D eigenvalue weighted by molar-refractivity contribution is 8.00. The predicted molar refractivity (Wildman–Crippen MR) is 87.5 cm³/mol. The molecule has 110 valence electrons. The van der Waals surface area contributed by atoms with Gasteiger partial charge in [-0.25, -0.2) is 0 Å². The van der Waals surface area contributed by atoms with Crippen molar-refractivity contribution in [2.45, 2.75) is 30.0 Å². The first kappa shape index (κ1) is 15.9. The number of hydrogen-bond acceptors (Lipinski definition) is 3. The molecule has 0 bridgehead atoms. The fraction of sp³-hybridized carbons (Fsp3) is 0.250. The van der Waals surface area contributed by atoms with Crippen LogP contribution in [-0.2, 0) is 11.3 Å². The van der Waals surface area contributed by atoms with E-state index in [0.29, 0.717) is 11.6 Å². The summed E-state index contributed by atoms with van der Waals surface area (Å²) < 4.78 is 0. The van der Waals surface area contributed by atoms with Crippen molar-refractivity contribution in [3.05, 3.63) is 59.4 Å². The molecule has 21 heavy (non-hydrogen) atoms. The Hall–Kier alpha value is -1.52. The highest BCUT2D eigenvalue weighted by atomic mass is 35.5. The smallest absolute Gasteiger partial charge is 0.233 e. The van der Waals surface area contributed by atoms with E-state index >= 15 is 0 Å². The number of hydrogen-bond donors (Lipinski definition) is 1. The maximum Gasteiger partial charge on any atom is 0.233 e. The molecule has 2 rings (SSSR count). The highest BCUT2D eigenvalue weighted by Gasteiger charge is 2.17. The van der Waals surface area contributed by atoms with Gasteiger partial charge in [0.15, 0.2) is 0 Å². The van der Waals surface area contributed by atoms with Gasteiger partial charge in [0.2, 0.25) is 5.91 Å². The molecule has 1 aromatic heterocycles. The molecule has 1 atom stereocenters. The van der Waals surface area contributed by atoms with Crippen LogP contribution in [0.4, 0.5) is 0 Å². The number of rotatable bonds is 6. The maximum atomic E-state index is 12.2. The lowest BCUT2D eigenvalue weighted by molar-refractivity contribution is -0.120. The summed E-state index contributed by atoms with van der Waals surface area (Å²) in [5.41, 5.74) is 0.997. The first-order valence-corrected chi connectivity index (χ1v) is 8.03. The third-order valence-electron chi connectivity index (χ3n) is 2.94. The van der Waals surface area contributed by atoms with E-state index in [9.17, 15) is 4.79 Å². The summed E-state index contributed by atoms with van der Waals surface area (Å²) in [4.78, 5) is 17.3. The molecular weight excluding hydrogens is 304 g/mol. The predicted octanol–water partition coefficient (Wildman–Crippen LogP) is 3.92. The van der Waals surface area contributed by atoms with Gasteiger partial charge in [-0.3, -0.25) is 9.78 Å². The molecule has 0 spiro atoms. The van der Waals surface area contributed by atoms with Gasteiger partial charge in [-0.2, -0.15) is 0 Å². The Labute approximate surface area is 134 Å². The van der Waals surface area contributed by atoms with E-state index in [1.165, 1.54) is 0 Å². The molecule has 0 aliphatic carbocycles. The molecule has 0 saturated carbocycles. The van der Waals surface area contributed by atoms with E-state index in [1.807, 2.05) is 43.3 Å². The molecule has 0 aliphatic heterocycles. The van der Waals surface area contributed by atoms with Crippen molar-refractivity contribution >= 4 is 29.3 Å². The van der Waals surface area contributed by atoms with Gasteiger partial charge in [0.25, 0.3) is 0 Å². The van der Waals surface area contributed by atoms with Crippen molar-refractivity contribution < 1.29 is 4.79 Å². The Balaban J connectivity index is 1.90. The average Bonchev–Trinajstić information content (AvgIpc) is 2.53. The quantitative estimate of drug-likeness (QED) is 0.820. The van der Waals surface area contributed by atoms with Gasteiger partial charge in [-0.1, -0.05) is 24.6 Å². The second-order valence-corrected chi connectivity index (χ2v) is 6.26. The van der Waals surface area contributed by atoms with Gasteiger partial charge in [0.05, 0.1) is 5.25 Å². The number of carbonyl (C=O) groups excluding carboxylic acids is 1. The van der Waals surface area contributed by atoms with Crippen molar-refractivity contribution in [3.8, 4) is 0 Å². The molecule has 1 aromatic carbocycles. The van der Waals surface area contributed by atoms with Crippen molar-refractivity contribution in [2.75, 3.05) is 0 Å². The molecular formula is C16H17ClN2OS. The molecule has 5 heteroatoms.